The van der Waals surface area contributed by atoms with Crippen molar-refractivity contribution >= 4 is 29.2 Å². The summed E-state index contributed by atoms with van der Waals surface area (Å²) in [5.74, 6) is 1.43. The van der Waals surface area contributed by atoms with Crippen molar-refractivity contribution in [2.24, 2.45) is 0 Å². The number of nitrogens with one attached hydrogen (secondary N) is 1. The Morgan fingerprint density at radius 2 is 1.74 bits per heavy atom. The predicted molar refractivity (Wildman–Crippen MR) is 152 cm³/mol. The molecule has 0 bridgehead atoms. The van der Waals surface area contributed by atoms with Crippen molar-refractivity contribution in [3.8, 4) is 6.07 Å². The van der Waals surface area contributed by atoms with Crippen LogP contribution in [0.3, 0.4) is 0 Å². The molecule has 0 amide bonds. The lowest BCUT2D eigenvalue weighted by atomic mass is 9.82. The van der Waals surface area contributed by atoms with Crippen LogP contribution >= 0.6 is 0 Å². The monoisotopic (exact) mass is 518 g/mol. The van der Waals surface area contributed by atoms with Gasteiger partial charge in [0.15, 0.2) is 0 Å². The second kappa shape index (κ2) is 13.7. The molecule has 0 aromatic heterocycles. The standard InChI is InChI=1S/C24H22N3O4.C6H15N/c1-4-31-20(28)10-7-11-27-18-9-6-5-8-17(18)24(2,3)19(27)12-16-21(15(13-25)14-26)23(30)22(16)29;1-4-7(5-2)6-3/h5-6,8-9,12H,4,7,10-11H2,1-3H3;4-6H2,1-3H3/q-1;/p+1. The number of allylic oxidation sites excluding steroid dienone is 2. The van der Waals surface area contributed by atoms with Gasteiger partial charge in [0.25, 0.3) is 0 Å². The summed E-state index contributed by atoms with van der Waals surface area (Å²) in [6.07, 6.45) is 2.40. The minimum atomic E-state index is -0.813. The Labute approximate surface area is 225 Å². The lowest BCUT2D eigenvalue weighted by molar-refractivity contribution is -0.894. The van der Waals surface area contributed by atoms with Gasteiger partial charge in [0.1, 0.15) is 6.07 Å². The summed E-state index contributed by atoms with van der Waals surface area (Å²) in [6.45, 7) is 17.1. The Morgan fingerprint density at radius 3 is 2.26 bits per heavy atom. The fraction of sp³-hybridized carbons (Fsp3) is 0.467. The molecule has 8 heteroatoms. The van der Waals surface area contributed by atoms with Gasteiger partial charge < -0.3 is 19.9 Å². The van der Waals surface area contributed by atoms with Gasteiger partial charge in [0.05, 0.1) is 37.4 Å². The zero-order valence-corrected chi connectivity index (χ0v) is 23.3. The van der Waals surface area contributed by atoms with Gasteiger partial charge >= 0.3 is 5.97 Å². The smallest absolute Gasteiger partial charge is 0.305 e. The molecule has 202 valence electrons. The molecule has 38 heavy (non-hydrogen) atoms. The highest BCUT2D eigenvalue weighted by Gasteiger charge is 2.40. The first-order chi connectivity index (χ1) is 18.1. The summed E-state index contributed by atoms with van der Waals surface area (Å²) in [7, 11) is 0. The Bertz CT molecular complexity index is 1330. The summed E-state index contributed by atoms with van der Waals surface area (Å²) in [5.41, 5.74) is 0.345. The van der Waals surface area contributed by atoms with E-state index in [4.69, 9.17) is 4.74 Å². The average molecular weight is 519 g/mol. The molecule has 0 saturated heterocycles. The van der Waals surface area contributed by atoms with Gasteiger partial charge in [-0.1, -0.05) is 32.0 Å². The van der Waals surface area contributed by atoms with Gasteiger partial charge in [-0.15, -0.1) is 0 Å². The third kappa shape index (κ3) is 6.36. The maximum Gasteiger partial charge on any atom is 0.305 e. The van der Waals surface area contributed by atoms with Crippen LogP contribution in [0.5, 0.6) is 0 Å². The minimum absolute atomic E-state index is 0.0781. The van der Waals surface area contributed by atoms with E-state index in [1.54, 1.807) is 29.8 Å². The predicted octanol–water partition coefficient (Wildman–Crippen LogP) is 2.84. The Kier molecular flexibility index (Phi) is 10.9. The van der Waals surface area contributed by atoms with Crippen LogP contribution in [0.1, 0.15) is 71.1 Å². The van der Waals surface area contributed by atoms with Crippen LogP contribution in [0.25, 0.3) is 17.1 Å². The van der Waals surface area contributed by atoms with Crippen molar-refractivity contribution in [2.75, 3.05) is 37.7 Å². The van der Waals surface area contributed by atoms with Gasteiger partial charge in [-0.05, 0) is 51.8 Å². The number of esters is 1. The highest BCUT2D eigenvalue weighted by Crippen LogP contribution is 2.48. The van der Waals surface area contributed by atoms with E-state index in [9.17, 15) is 25.1 Å². The molecule has 1 aliphatic rings. The molecule has 2 aromatic rings. The molecule has 1 heterocycles. The summed E-state index contributed by atoms with van der Waals surface area (Å²) in [4.78, 5) is 39.8. The zero-order chi connectivity index (χ0) is 28.5. The highest BCUT2D eigenvalue weighted by atomic mass is 16.5. The SMILES string of the molecule is CCOC(=O)CCCN1C(=Cc2c(C(=C=[N-])C#N)c(=O)c2=O)C(C)(C)c2ccccc21.CC[NH+](CC)CC. The van der Waals surface area contributed by atoms with Crippen LogP contribution in [0, 0.1) is 11.3 Å². The number of benzene rings is 1. The van der Waals surface area contributed by atoms with Gasteiger partial charge in [0, 0.05) is 35.3 Å². The maximum atomic E-state index is 12.3. The first kappa shape index (κ1) is 30.4. The van der Waals surface area contributed by atoms with Crippen molar-refractivity contribution in [3.05, 3.63) is 72.5 Å². The number of fused-ring (bicyclic) bond motifs is 1. The van der Waals surface area contributed by atoms with Gasteiger partial charge in [-0.25, -0.2) is 5.87 Å². The minimum Gasteiger partial charge on any atom is -0.762 e. The molecule has 2 aromatic carbocycles. The van der Waals surface area contributed by atoms with Crippen LogP contribution in [0.2, 0.25) is 0 Å². The molecule has 0 fully saturated rings. The first-order valence-electron chi connectivity index (χ1n) is 13.2. The van der Waals surface area contributed by atoms with E-state index in [1.807, 2.05) is 43.0 Å². The summed E-state index contributed by atoms with van der Waals surface area (Å²) in [6, 6.07) is 9.51. The second-order valence-electron chi connectivity index (χ2n) is 9.59. The number of ether oxygens (including phenoxy) is 1. The van der Waals surface area contributed by atoms with E-state index >= 15 is 0 Å². The zero-order valence-electron chi connectivity index (χ0n) is 23.3. The Balaban J connectivity index is 0.000000638. The molecule has 0 aliphatic carbocycles. The van der Waals surface area contributed by atoms with E-state index in [2.05, 4.69) is 20.8 Å². The van der Waals surface area contributed by atoms with E-state index in [-0.39, 0.29) is 29.1 Å². The van der Waals surface area contributed by atoms with Gasteiger partial charge in [-0.3, -0.25) is 14.4 Å². The van der Waals surface area contributed by atoms with E-state index in [0.717, 1.165) is 16.9 Å². The van der Waals surface area contributed by atoms with Crippen molar-refractivity contribution in [2.45, 2.75) is 59.8 Å². The lowest BCUT2D eigenvalue weighted by Crippen LogP contribution is -3.11. The molecule has 0 spiro atoms. The van der Waals surface area contributed by atoms with Crippen molar-refractivity contribution in [1.82, 2.24) is 0 Å². The average Bonchev–Trinajstić information content (AvgIpc) is 3.13. The molecule has 1 aliphatic heterocycles. The number of quaternary nitrogens is 1. The highest BCUT2D eigenvalue weighted by molar-refractivity contribution is 6.01. The normalized spacial score (nSPS) is 14.5. The van der Waals surface area contributed by atoms with E-state index in [0.29, 0.717) is 19.6 Å². The topological polar surface area (TPSA) is 114 Å². The molecular formula is C30H38N4O4. The van der Waals surface area contributed by atoms with Crippen molar-refractivity contribution in [3.63, 3.8) is 0 Å². The molecule has 0 atom stereocenters. The number of nitriles is 1. The van der Waals surface area contributed by atoms with Gasteiger partial charge in [0.2, 0.25) is 10.9 Å². The third-order valence-electron chi connectivity index (χ3n) is 7.07. The molecule has 1 N–H and O–H groups in total. The van der Waals surface area contributed by atoms with Crippen LogP contribution in [0.15, 0.2) is 39.6 Å². The fourth-order valence-corrected chi connectivity index (χ4v) is 4.78. The molecule has 8 nitrogen and oxygen atoms in total. The molecule has 0 radical (unpaired) electrons. The fourth-order valence-electron chi connectivity index (χ4n) is 4.78. The number of hydrogen-bond donors (Lipinski definition) is 1. The van der Waals surface area contributed by atoms with Crippen LogP contribution in [0.4, 0.5) is 5.69 Å². The third-order valence-corrected chi connectivity index (χ3v) is 7.07. The summed E-state index contributed by atoms with van der Waals surface area (Å²) < 4.78 is 5.00. The van der Waals surface area contributed by atoms with Crippen molar-refractivity contribution < 1.29 is 14.4 Å². The molecule has 0 unspecified atom stereocenters. The number of carbonyl (C=O) groups excluding carboxylic acids is 1. The quantitative estimate of drug-likeness (QED) is 0.224. The summed E-state index contributed by atoms with van der Waals surface area (Å²) in [5, 5.41) is 18.3. The maximum absolute atomic E-state index is 12.3. The van der Waals surface area contributed by atoms with Gasteiger partial charge in [-0.2, -0.15) is 5.26 Å². The number of hydrogen-bond acceptors (Lipinski definition) is 6. The number of para-hydroxylation sites is 1. The molecular weight excluding hydrogens is 480 g/mol. The lowest BCUT2D eigenvalue weighted by Gasteiger charge is -2.27. The Morgan fingerprint density at radius 1 is 1.11 bits per heavy atom. The molecule has 0 saturated carbocycles. The van der Waals surface area contributed by atoms with Crippen LogP contribution in [-0.2, 0) is 14.9 Å². The number of anilines is 1. The van der Waals surface area contributed by atoms with Crippen molar-refractivity contribution in [1.29, 1.82) is 5.26 Å². The van der Waals surface area contributed by atoms with E-state index in [1.165, 1.54) is 19.6 Å². The second-order valence-corrected chi connectivity index (χ2v) is 9.59. The van der Waals surface area contributed by atoms with E-state index < -0.39 is 16.3 Å². The van der Waals surface area contributed by atoms with Crippen LogP contribution < -0.4 is 20.7 Å². The number of nitrogens with zero attached hydrogens (tertiary/aromatic N) is 3. The Hall–Kier alpha value is -3.79. The number of rotatable bonds is 10. The van der Waals surface area contributed by atoms with Crippen LogP contribution in [-0.4, -0.2) is 44.6 Å². The first-order valence-corrected chi connectivity index (χ1v) is 13.2. The summed E-state index contributed by atoms with van der Waals surface area (Å²) >= 11 is 0. The number of carbonyl (C=O) groups is 1. The molecule has 3 rings (SSSR count). The largest absolute Gasteiger partial charge is 0.762 e.